The van der Waals surface area contributed by atoms with E-state index in [1.54, 1.807) is 0 Å². The van der Waals surface area contributed by atoms with E-state index in [0.717, 1.165) is 31.7 Å². The van der Waals surface area contributed by atoms with Crippen molar-refractivity contribution in [1.29, 1.82) is 0 Å². The Labute approximate surface area is 95.6 Å². The molecule has 1 aliphatic heterocycles. The molecule has 1 aliphatic rings. The second-order valence-corrected chi connectivity index (χ2v) is 3.80. The molecule has 2 amide bonds. The third-order valence-electron chi connectivity index (χ3n) is 2.63. The highest BCUT2D eigenvalue weighted by Gasteiger charge is 2.15. The molecule has 1 heterocycles. The van der Waals surface area contributed by atoms with Gasteiger partial charge in [-0.3, -0.25) is 0 Å². The quantitative estimate of drug-likeness (QED) is 0.784. The van der Waals surface area contributed by atoms with Crippen molar-refractivity contribution in [2.75, 3.05) is 26.2 Å². The molecule has 16 heavy (non-hydrogen) atoms. The number of nitrogens with zero attached hydrogens (tertiary/aromatic N) is 2. The Kier molecular flexibility index (Phi) is 3.77. The summed E-state index contributed by atoms with van der Waals surface area (Å²) in [7, 11) is 0. The fourth-order valence-corrected chi connectivity index (χ4v) is 1.69. The third kappa shape index (κ3) is 2.97. The molecule has 2 rings (SSSR count). The van der Waals surface area contributed by atoms with E-state index >= 15 is 0 Å². The fourth-order valence-electron chi connectivity index (χ4n) is 1.69. The van der Waals surface area contributed by atoms with Crippen LogP contribution in [0.4, 0.5) is 4.79 Å². The smallest absolute Gasteiger partial charge is 0.317 e. The molecule has 0 aromatic heterocycles. The first kappa shape index (κ1) is 11.0. The van der Waals surface area contributed by atoms with Gasteiger partial charge in [0.25, 0.3) is 0 Å². The number of benzene rings is 1. The van der Waals surface area contributed by atoms with E-state index in [2.05, 4.69) is 10.6 Å². The van der Waals surface area contributed by atoms with Crippen LogP contribution in [0.15, 0.2) is 30.3 Å². The molecule has 0 saturated carbocycles. The molecule has 0 aliphatic carbocycles. The molecule has 85 valence electrons. The van der Waals surface area contributed by atoms with Crippen LogP contribution >= 0.6 is 0 Å². The van der Waals surface area contributed by atoms with Crippen molar-refractivity contribution in [2.24, 2.45) is 0 Å². The van der Waals surface area contributed by atoms with Gasteiger partial charge in [-0.15, -0.1) is 0 Å². The van der Waals surface area contributed by atoms with Crippen molar-refractivity contribution in [1.82, 2.24) is 15.5 Å². The van der Waals surface area contributed by atoms with Gasteiger partial charge in [-0.25, -0.2) is 10.1 Å². The lowest BCUT2D eigenvalue weighted by molar-refractivity contribution is 0.189. The summed E-state index contributed by atoms with van der Waals surface area (Å²) in [5.74, 6) is 0. The van der Waals surface area contributed by atoms with E-state index in [9.17, 15) is 4.79 Å². The molecule has 1 aromatic carbocycles. The normalized spacial score (nSPS) is 15.9. The van der Waals surface area contributed by atoms with Crippen LogP contribution in [0.3, 0.4) is 0 Å². The molecule has 0 bridgehead atoms. The summed E-state index contributed by atoms with van der Waals surface area (Å²) in [6.45, 7) is 3.59. The van der Waals surface area contributed by atoms with Crippen LogP contribution in [0, 0.1) is 0 Å². The number of rotatable bonds is 2. The fraction of sp³-hybridized carbons (Fsp3) is 0.417. The van der Waals surface area contributed by atoms with Gasteiger partial charge in [0, 0.05) is 32.7 Å². The summed E-state index contributed by atoms with van der Waals surface area (Å²) in [6, 6.07) is 9.94. The molecule has 1 fully saturated rings. The van der Waals surface area contributed by atoms with Crippen molar-refractivity contribution < 1.29 is 4.79 Å². The van der Waals surface area contributed by atoms with Gasteiger partial charge in [-0.1, -0.05) is 30.3 Å². The zero-order valence-electron chi connectivity index (χ0n) is 9.22. The number of amides is 2. The Morgan fingerprint density at radius 2 is 1.94 bits per heavy atom. The number of carbonyl (C=O) groups excluding carboxylic acids is 1. The average molecular weight is 218 g/mol. The topological polar surface area (TPSA) is 46.4 Å². The second kappa shape index (κ2) is 5.51. The van der Waals surface area contributed by atoms with Gasteiger partial charge in [0.2, 0.25) is 0 Å². The van der Waals surface area contributed by atoms with Crippen molar-refractivity contribution in [3.05, 3.63) is 35.9 Å². The van der Waals surface area contributed by atoms with Gasteiger partial charge in [0.1, 0.15) is 0 Å². The van der Waals surface area contributed by atoms with Gasteiger partial charge in [0.05, 0.1) is 0 Å². The maximum atomic E-state index is 11.7. The van der Waals surface area contributed by atoms with Crippen LogP contribution in [-0.4, -0.2) is 37.1 Å². The molecule has 0 unspecified atom stereocenters. The minimum absolute atomic E-state index is 0.0127. The summed E-state index contributed by atoms with van der Waals surface area (Å²) in [6.07, 6.45) is 0. The maximum absolute atomic E-state index is 11.7. The Morgan fingerprint density at radius 3 is 2.62 bits per heavy atom. The lowest BCUT2D eigenvalue weighted by Crippen LogP contribution is -2.48. The molecular weight excluding hydrogens is 202 g/mol. The van der Waals surface area contributed by atoms with Crippen LogP contribution in [0.5, 0.6) is 0 Å². The summed E-state index contributed by atoms with van der Waals surface area (Å²) < 4.78 is 0. The van der Waals surface area contributed by atoms with Crippen molar-refractivity contribution in [2.45, 2.75) is 6.54 Å². The average Bonchev–Trinajstić information content (AvgIpc) is 2.38. The third-order valence-corrected chi connectivity index (χ3v) is 2.63. The van der Waals surface area contributed by atoms with Crippen LogP contribution in [0.1, 0.15) is 5.56 Å². The number of urea groups is 1. The van der Waals surface area contributed by atoms with Crippen LogP contribution in [0.25, 0.3) is 0 Å². The predicted molar refractivity (Wildman–Crippen MR) is 62.1 cm³/mol. The van der Waals surface area contributed by atoms with E-state index in [1.165, 1.54) is 0 Å². The minimum Gasteiger partial charge on any atom is -0.334 e. The van der Waals surface area contributed by atoms with Gasteiger partial charge >= 0.3 is 6.03 Å². The first-order valence-corrected chi connectivity index (χ1v) is 5.56. The van der Waals surface area contributed by atoms with Crippen LogP contribution in [0.2, 0.25) is 0 Å². The Hall–Kier alpha value is -1.55. The molecule has 1 aromatic rings. The minimum atomic E-state index is 0.0127. The lowest BCUT2D eigenvalue weighted by atomic mass is 10.2. The highest BCUT2D eigenvalue weighted by molar-refractivity contribution is 5.74. The van der Waals surface area contributed by atoms with E-state index in [1.807, 2.05) is 35.2 Å². The van der Waals surface area contributed by atoms with E-state index in [4.69, 9.17) is 0 Å². The van der Waals surface area contributed by atoms with E-state index < -0.39 is 0 Å². The molecule has 4 heteroatoms. The number of carbonyl (C=O) groups is 1. The standard InChI is InChI=1S/C12H16N3O/c16-12(15-8-6-13-7-9-15)14-10-11-4-2-1-3-5-11/h1-5H,6-10H2,(H,14,16). The van der Waals surface area contributed by atoms with Gasteiger partial charge in [-0.05, 0) is 5.56 Å². The Bertz CT molecular complexity index is 333. The zero-order chi connectivity index (χ0) is 11.2. The first-order chi connectivity index (χ1) is 7.86. The summed E-state index contributed by atoms with van der Waals surface area (Å²) in [4.78, 5) is 13.6. The number of piperazine rings is 1. The number of hydrogen-bond acceptors (Lipinski definition) is 1. The van der Waals surface area contributed by atoms with Crippen LogP contribution in [-0.2, 0) is 6.54 Å². The SMILES string of the molecule is O=C(NCc1ccccc1)N1CC[N]CC1. The second-order valence-electron chi connectivity index (χ2n) is 3.80. The molecule has 1 saturated heterocycles. The highest BCUT2D eigenvalue weighted by atomic mass is 16.2. The van der Waals surface area contributed by atoms with Gasteiger partial charge in [0.15, 0.2) is 0 Å². The van der Waals surface area contributed by atoms with Gasteiger partial charge < -0.3 is 10.2 Å². The van der Waals surface area contributed by atoms with Crippen molar-refractivity contribution in [3.63, 3.8) is 0 Å². The molecular formula is C12H16N3O. The largest absolute Gasteiger partial charge is 0.334 e. The van der Waals surface area contributed by atoms with Crippen LogP contribution < -0.4 is 10.6 Å². The predicted octanol–water partition coefficient (Wildman–Crippen LogP) is 0.816. The molecule has 0 spiro atoms. The molecule has 1 N–H and O–H groups in total. The first-order valence-electron chi connectivity index (χ1n) is 5.56. The summed E-state index contributed by atoms with van der Waals surface area (Å²) >= 11 is 0. The summed E-state index contributed by atoms with van der Waals surface area (Å²) in [5.41, 5.74) is 1.12. The maximum Gasteiger partial charge on any atom is 0.317 e. The highest BCUT2D eigenvalue weighted by Crippen LogP contribution is 1.99. The molecule has 4 nitrogen and oxygen atoms in total. The van der Waals surface area contributed by atoms with Crippen molar-refractivity contribution in [3.8, 4) is 0 Å². The lowest BCUT2D eigenvalue weighted by Gasteiger charge is -2.26. The number of nitrogens with one attached hydrogen (secondary N) is 1. The Balaban J connectivity index is 1.79. The summed E-state index contributed by atoms with van der Waals surface area (Å²) in [5, 5.41) is 7.12. The van der Waals surface area contributed by atoms with Gasteiger partial charge in [-0.2, -0.15) is 0 Å². The zero-order valence-corrected chi connectivity index (χ0v) is 9.22. The monoisotopic (exact) mass is 218 g/mol. The van der Waals surface area contributed by atoms with Crippen molar-refractivity contribution >= 4 is 6.03 Å². The molecule has 0 atom stereocenters. The van der Waals surface area contributed by atoms with E-state index in [0.29, 0.717) is 6.54 Å². The Morgan fingerprint density at radius 1 is 1.25 bits per heavy atom. The number of hydrogen-bond donors (Lipinski definition) is 1. The molecule has 1 radical (unpaired) electrons. The van der Waals surface area contributed by atoms with E-state index in [-0.39, 0.29) is 6.03 Å².